The van der Waals surface area contributed by atoms with Crippen LogP contribution in [0.4, 0.5) is 0 Å². The molecule has 326 valence electrons. The third-order valence-electron chi connectivity index (χ3n) is 13.2. The minimum atomic E-state index is -1.25. The van der Waals surface area contributed by atoms with E-state index in [1.165, 1.54) is 38.5 Å². The molecule has 2 N–H and O–H groups in total. The smallest absolute Gasteiger partial charge is 0.239 e. The number of hydrogen-bond acceptors (Lipinski definition) is 8. The van der Waals surface area contributed by atoms with E-state index >= 15 is 0 Å². The lowest BCUT2D eigenvalue weighted by molar-refractivity contribution is -0.255. The van der Waals surface area contributed by atoms with Gasteiger partial charge in [-0.05, 0) is 90.6 Å². The van der Waals surface area contributed by atoms with Crippen LogP contribution in [0.1, 0.15) is 128 Å². The molecule has 0 radical (unpaired) electrons. The number of nitrogens with zero attached hydrogens (tertiary/aromatic N) is 2. The molecule has 1 amide bonds. The Balaban J connectivity index is 1.40. The number of allylic oxidation sites excluding steroid dienone is 1. The number of hydrogen-bond donors (Lipinski definition) is 2. The number of aliphatic hydroxyl groups excluding tert-OH is 2. The zero-order valence-corrected chi connectivity index (χ0v) is 36.5. The fourth-order valence-electron chi connectivity index (χ4n) is 10.2. The molecule has 0 saturated heterocycles. The summed E-state index contributed by atoms with van der Waals surface area (Å²) in [5.74, 6) is 0.830. The Morgan fingerprint density at radius 2 is 1.57 bits per heavy atom. The van der Waals surface area contributed by atoms with Crippen molar-refractivity contribution < 1.29 is 34.1 Å². The van der Waals surface area contributed by atoms with Crippen molar-refractivity contribution in [1.82, 2.24) is 4.90 Å². The summed E-state index contributed by atoms with van der Waals surface area (Å²) in [6, 6.07) is 20.0. The minimum absolute atomic E-state index is 0.0657. The van der Waals surface area contributed by atoms with Crippen LogP contribution in [-0.4, -0.2) is 72.5 Å². The van der Waals surface area contributed by atoms with Gasteiger partial charge in [-0.15, -0.1) is 6.58 Å². The Labute approximate surface area is 358 Å². The van der Waals surface area contributed by atoms with Gasteiger partial charge in [-0.2, -0.15) is 0 Å². The van der Waals surface area contributed by atoms with Crippen molar-refractivity contribution in [1.29, 1.82) is 0 Å². The van der Waals surface area contributed by atoms with E-state index in [0.29, 0.717) is 30.8 Å². The summed E-state index contributed by atoms with van der Waals surface area (Å²) in [5, 5.41) is 26.7. The quantitative estimate of drug-likeness (QED) is 0.0497. The van der Waals surface area contributed by atoms with Gasteiger partial charge in [0.2, 0.25) is 11.7 Å². The van der Waals surface area contributed by atoms with E-state index in [4.69, 9.17) is 19.0 Å². The summed E-state index contributed by atoms with van der Waals surface area (Å²) in [7, 11) is 3.48. The fourth-order valence-corrected chi connectivity index (χ4v) is 10.2. The predicted molar refractivity (Wildman–Crippen MR) is 241 cm³/mol. The number of likely N-dealkylation sites (N-methyl/N-ethyl adjacent to an activating group) is 1. The van der Waals surface area contributed by atoms with Crippen molar-refractivity contribution in [2.24, 2.45) is 22.9 Å². The van der Waals surface area contributed by atoms with Gasteiger partial charge in [0.1, 0.15) is 30.4 Å². The Bertz CT molecular complexity index is 1910. The average molecular weight is 823 g/mol. The maximum atomic E-state index is 14.3. The van der Waals surface area contributed by atoms with Gasteiger partial charge in [-0.3, -0.25) is 4.79 Å². The number of amides is 1. The van der Waals surface area contributed by atoms with Gasteiger partial charge in [0.15, 0.2) is 0 Å². The van der Waals surface area contributed by atoms with Crippen molar-refractivity contribution in [3.8, 4) is 17.2 Å². The van der Waals surface area contributed by atoms with Crippen molar-refractivity contribution in [3.63, 3.8) is 0 Å². The third kappa shape index (κ3) is 10.6. The Morgan fingerprint density at radius 1 is 0.883 bits per heavy atom. The molecule has 60 heavy (non-hydrogen) atoms. The van der Waals surface area contributed by atoms with Gasteiger partial charge in [-0.25, -0.2) is 0 Å². The van der Waals surface area contributed by atoms with Crippen molar-refractivity contribution in [2.45, 2.75) is 134 Å². The number of aliphatic hydroxyl groups is 2. The van der Waals surface area contributed by atoms with Crippen LogP contribution in [0, 0.1) is 17.8 Å². The molecule has 9 heteroatoms. The molecule has 6 rings (SSSR count). The number of carbonyl (C=O) groups excluding carboxylic acids is 1. The van der Waals surface area contributed by atoms with Crippen LogP contribution in [0.25, 0.3) is 10.8 Å². The van der Waals surface area contributed by atoms with Crippen molar-refractivity contribution in [3.05, 3.63) is 90.5 Å². The molecule has 1 aliphatic heterocycles. The molecule has 0 spiro atoms. The topological polar surface area (TPSA) is 110 Å². The van der Waals surface area contributed by atoms with Gasteiger partial charge < -0.3 is 34.2 Å². The number of oxime groups is 1. The number of rotatable bonds is 25. The monoisotopic (exact) mass is 823 g/mol. The Hall–Kier alpha value is -4.18. The maximum absolute atomic E-state index is 14.3. The summed E-state index contributed by atoms with van der Waals surface area (Å²) < 4.78 is 21.0. The first kappa shape index (κ1) is 45.3. The molecule has 6 atom stereocenters. The lowest BCUT2D eigenvalue weighted by Gasteiger charge is -2.59. The summed E-state index contributed by atoms with van der Waals surface area (Å²) >= 11 is 0. The SMILES string of the molecule is C=CCO[C@@]12Oc3ccc(Oc4ccc5ccccc5c4)cc3[C@H]3[C@H](CCCCO)[C@@H](CCCCO)C=C(C(=NOC)C[C@@H]1N(C)C(=O)CCCCCCCCCCC)[C@H]32. The van der Waals surface area contributed by atoms with E-state index in [9.17, 15) is 15.0 Å². The van der Waals surface area contributed by atoms with Gasteiger partial charge in [0, 0.05) is 44.6 Å². The first-order valence-corrected chi connectivity index (χ1v) is 22.9. The van der Waals surface area contributed by atoms with Crippen LogP contribution in [0.15, 0.2) is 90.1 Å². The third-order valence-corrected chi connectivity index (χ3v) is 13.2. The van der Waals surface area contributed by atoms with Crippen LogP contribution in [0.2, 0.25) is 0 Å². The molecule has 1 fully saturated rings. The highest BCUT2D eigenvalue weighted by Gasteiger charge is 2.65. The molecular formula is C51H70N2O7. The van der Waals surface area contributed by atoms with Gasteiger partial charge in [-0.1, -0.05) is 119 Å². The number of unbranched alkanes of at least 4 members (excludes halogenated alkanes) is 10. The maximum Gasteiger partial charge on any atom is 0.239 e. The normalized spacial score (nSPS) is 23.6. The average Bonchev–Trinajstić information content (AvgIpc) is 3.26. The summed E-state index contributed by atoms with van der Waals surface area (Å²) in [6.07, 6.45) is 20.6. The highest BCUT2D eigenvalue weighted by Crippen LogP contribution is 2.62. The predicted octanol–water partition coefficient (Wildman–Crippen LogP) is 11.3. The first-order chi connectivity index (χ1) is 29.4. The van der Waals surface area contributed by atoms with Gasteiger partial charge in [0.25, 0.3) is 0 Å². The largest absolute Gasteiger partial charge is 0.459 e. The molecule has 1 saturated carbocycles. The van der Waals surface area contributed by atoms with E-state index < -0.39 is 11.8 Å². The van der Waals surface area contributed by atoms with Crippen LogP contribution in [0.5, 0.6) is 17.2 Å². The lowest BCUT2D eigenvalue weighted by Crippen LogP contribution is -2.69. The first-order valence-electron chi connectivity index (χ1n) is 22.9. The Morgan fingerprint density at radius 3 is 2.28 bits per heavy atom. The van der Waals surface area contributed by atoms with Crippen LogP contribution in [0.3, 0.4) is 0 Å². The van der Waals surface area contributed by atoms with Gasteiger partial charge >= 0.3 is 0 Å². The fraction of sp³-hybridized carbons (Fsp3) is 0.569. The summed E-state index contributed by atoms with van der Waals surface area (Å²) in [4.78, 5) is 21.7. The van der Waals surface area contributed by atoms with E-state index in [2.05, 4.69) is 55.1 Å². The van der Waals surface area contributed by atoms with Crippen molar-refractivity contribution >= 4 is 22.4 Å². The second-order valence-electron chi connectivity index (χ2n) is 17.1. The number of carbonyl (C=O) groups is 1. The van der Waals surface area contributed by atoms with E-state index in [0.717, 1.165) is 84.7 Å². The molecule has 3 aromatic rings. The lowest BCUT2D eigenvalue weighted by atomic mass is 9.55. The van der Waals surface area contributed by atoms with E-state index in [1.807, 2.05) is 42.3 Å². The molecule has 1 heterocycles. The standard InChI is InChI=1S/C51H70N2O7/c1-5-7-8-9-10-11-12-13-14-25-48(56)53(3)47-36-45(52-57-4)43-34-39(23-17-19-30-54)42(24-18-20-31-55)49-44-35-41(59-40-27-26-37-21-15-16-22-38(37)33-40)28-29-46(44)60-51(47,50(43)49)58-32-6-2/h6,15-16,21-22,26-29,33-35,39,42,47,49-50,54-55H,2,5,7-14,17-20,23-25,30-32,36H2,1,3-4H3/t39-,42+,47-,49+,50+,51+/m0/s1. The molecule has 0 unspecified atom stereocenters. The van der Waals surface area contributed by atoms with E-state index in [-0.39, 0.29) is 49.4 Å². The number of benzene rings is 3. The second kappa shape index (κ2) is 22.6. The zero-order valence-electron chi connectivity index (χ0n) is 36.5. The summed E-state index contributed by atoms with van der Waals surface area (Å²) in [5.41, 5.74) is 2.86. The number of ether oxygens (including phenoxy) is 3. The van der Waals surface area contributed by atoms with Crippen LogP contribution >= 0.6 is 0 Å². The van der Waals surface area contributed by atoms with E-state index in [1.54, 1.807) is 13.2 Å². The minimum Gasteiger partial charge on any atom is -0.459 e. The molecule has 0 aromatic heterocycles. The van der Waals surface area contributed by atoms with Crippen LogP contribution < -0.4 is 9.47 Å². The van der Waals surface area contributed by atoms with Crippen LogP contribution in [-0.2, 0) is 14.4 Å². The highest BCUT2D eigenvalue weighted by molar-refractivity contribution is 6.03. The highest BCUT2D eigenvalue weighted by atomic mass is 16.7. The summed E-state index contributed by atoms with van der Waals surface area (Å²) in [6.45, 7) is 6.80. The van der Waals surface area contributed by atoms with Crippen molar-refractivity contribution in [2.75, 3.05) is 34.0 Å². The molecule has 9 nitrogen and oxygen atoms in total. The molecule has 2 aliphatic carbocycles. The molecule has 0 bridgehead atoms. The number of fused-ring (bicyclic) bond motifs is 3. The second-order valence-corrected chi connectivity index (χ2v) is 17.1. The zero-order chi connectivity index (χ0) is 42.3. The Kier molecular flexibility index (Phi) is 17.1. The van der Waals surface area contributed by atoms with Gasteiger partial charge in [0.05, 0.1) is 18.2 Å². The molecule has 3 aliphatic rings. The molecule has 3 aromatic carbocycles. The molecular weight excluding hydrogens is 753 g/mol.